The van der Waals surface area contributed by atoms with Gasteiger partial charge in [0.25, 0.3) is 0 Å². The molecule has 10 nitrogen and oxygen atoms in total. The number of carbonyl (C=O) groups excluding carboxylic acids is 3. The standard InChI is InChI=1S/C33H46ClN7O3/c1-4-23-19-22(20-27(34)30(23)35)21-29(31(42)39-14-10-25(11-15-39)38(2)3)37-32(43)40-16-12-26(13-17-40)41-18-9-24-7-5-6-8-28(24)36-33(41)44/h5-8,19-20,25-26,29H,4,9-18,21,35H2,1-3H3,(H,36,44)(H,37,43)/t29-/m1/s1. The highest BCUT2D eigenvalue weighted by Crippen LogP contribution is 2.28. The van der Waals surface area contributed by atoms with Gasteiger partial charge in [-0.1, -0.05) is 42.8 Å². The molecule has 2 aromatic rings. The Hall–Kier alpha value is -3.50. The van der Waals surface area contributed by atoms with Crippen LogP contribution in [0.3, 0.4) is 0 Å². The first-order valence-corrected chi connectivity index (χ1v) is 16.2. The number of hydrogen-bond donors (Lipinski definition) is 3. The van der Waals surface area contributed by atoms with Gasteiger partial charge in [0.2, 0.25) is 5.91 Å². The summed E-state index contributed by atoms with van der Waals surface area (Å²) in [5, 5.41) is 6.60. The Bertz CT molecular complexity index is 1350. The predicted molar refractivity (Wildman–Crippen MR) is 175 cm³/mol. The molecule has 3 heterocycles. The molecule has 5 rings (SSSR count). The predicted octanol–water partition coefficient (Wildman–Crippen LogP) is 4.21. The molecule has 0 radical (unpaired) electrons. The number of nitrogens with two attached hydrogens (primary N) is 1. The Morgan fingerprint density at radius 1 is 1.05 bits per heavy atom. The number of nitrogens with one attached hydrogen (secondary N) is 2. The number of urea groups is 2. The first kappa shape index (κ1) is 31.9. The summed E-state index contributed by atoms with van der Waals surface area (Å²) < 4.78 is 0. The van der Waals surface area contributed by atoms with Gasteiger partial charge >= 0.3 is 12.1 Å². The zero-order valence-electron chi connectivity index (χ0n) is 26.2. The SMILES string of the molecule is CCc1cc(C[C@@H](NC(=O)N2CCC(N3CCc4ccccc4NC3=O)CC2)C(=O)N2CCC(N(C)C)CC2)cc(Cl)c1N. The van der Waals surface area contributed by atoms with E-state index >= 15 is 0 Å². The van der Waals surface area contributed by atoms with Crippen molar-refractivity contribution in [3.8, 4) is 0 Å². The van der Waals surface area contributed by atoms with E-state index in [9.17, 15) is 14.4 Å². The van der Waals surface area contributed by atoms with Crippen LogP contribution in [-0.2, 0) is 24.1 Å². The van der Waals surface area contributed by atoms with Gasteiger partial charge in [-0.25, -0.2) is 9.59 Å². The number of aryl methyl sites for hydroxylation is 1. The fourth-order valence-electron chi connectivity index (χ4n) is 6.77. The zero-order valence-corrected chi connectivity index (χ0v) is 26.9. The third-order valence-electron chi connectivity index (χ3n) is 9.53. The smallest absolute Gasteiger partial charge is 0.322 e. The second kappa shape index (κ2) is 14.1. The molecule has 0 saturated carbocycles. The highest BCUT2D eigenvalue weighted by molar-refractivity contribution is 6.33. The van der Waals surface area contributed by atoms with Gasteiger partial charge < -0.3 is 36.0 Å². The molecule has 11 heteroatoms. The summed E-state index contributed by atoms with van der Waals surface area (Å²) >= 11 is 6.45. The second-order valence-electron chi connectivity index (χ2n) is 12.5. The number of nitrogens with zero attached hydrogens (tertiary/aromatic N) is 4. The summed E-state index contributed by atoms with van der Waals surface area (Å²) in [5.41, 5.74) is 10.5. The number of carbonyl (C=O) groups is 3. The van der Waals surface area contributed by atoms with Crippen LogP contribution < -0.4 is 16.4 Å². The molecule has 0 aromatic heterocycles. The van der Waals surface area contributed by atoms with E-state index in [1.165, 1.54) is 0 Å². The number of fused-ring (bicyclic) bond motifs is 1. The minimum absolute atomic E-state index is 0.0492. The molecule has 0 spiro atoms. The number of likely N-dealkylation sites (tertiary alicyclic amines) is 2. The third-order valence-corrected chi connectivity index (χ3v) is 9.85. The second-order valence-corrected chi connectivity index (χ2v) is 12.9. The number of rotatable bonds is 7. The Labute approximate surface area is 265 Å². The highest BCUT2D eigenvalue weighted by atomic mass is 35.5. The molecule has 0 unspecified atom stereocenters. The minimum Gasteiger partial charge on any atom is -0.397 e. The van der Waals surface area contributed by atoms with Crippen LogP contribution in [0.1, 0.15) is 49.3 Å². The number of amides is 5. The van der Waals surface area contributed by atoms with Gasteiger partial charge in [-0.2, -0.15) is 0 Å². The van der Waals surface area contributed by atoms with Crippen molar-refractivity contribution in [1.29, 1.82) is 0 Å². The maximum absolute atomic E-state index is 13.9. The fraction of sp³-hybridized carbons (Fsp3) is 0.545. The number of nitrogen functional groups attached to an aromatic ring is 1. The van der Waals surface area contributed by atoms with E-state index < -0.39 is 6.04 Å². The maximum Gasteiger partial charge on any atom is 0.322 e. The molecular weight excluding hydrogens is 578 g/mol. The van der Waals surface area contributed by atoms with Crippen molar-refractivity contribution in [3.63, 3.8) is 0 Å². The quantitative estimate of drug-likeness (QED) is 0.400. The van der Waals surface area contributed by atoms with Crippen molar-refractivity contribution < 1.29 is 14.4 Å². The molecule has 2 fully saturated rings. The molecule has 0 aliphatic carbocycles. The van der Waals surface area contributed by atoms with Crippen LogP contribution in [0.15, 0.2) is 36.4 Å². The van der Waals surface area contributed by atoms with Gasteiger partial charge in [0.1, 0.15) is 6.04 Å². The zero-order chi connectivity index (χ0) is 31.4. The first-order chi connectivity index (χ1) is 21.1. The van der Waals surface area contributed by atoms with E-state index in [2.05, 4.69) is 35.7 Å². The Morgan fingerprint density at radius 2 is 1.73 bits per heavy atom. The summed E-state index contributed by atoms with van der Waals surface area (Å²) in [7, 11) is 4.14. The van der Waals surface area contributed by atoms with Crippen molar-refractivity contribution >= 4 is 40.9 Å². The van der Waals surface area contributed by atoms with E-state index in [1.807, 2.05) is 41.0 Å². The van der Waals surface area contributed by atoms with Crippen molar-refractivity contribution in [2.45, 2.75) is 70.0 Å². The largest absolute Gasteiger partial charge is 0.397 e. The number of hydrogen-bond acceptors (Lipinski definition) is 5. The van der Waals surface area contributed by atoms with Gasteiger partial charge in [-0.05, 0) is 81.4 Å². The number of anilines is 2. The lowest BCUT2D eigenvalue weighted by molar-refractivity contribution is -0.134. The van der Waals surface area contributed by atoms with Gasteiger partial charge in [-0.15, -0.1) is 0 Å². The van der Waals surface area contributed by atoms with Crippen LogP contribution in [0.5, 0.6) is 0 Å². The van der Waals surface area contributed by atoms with Crippen LogP contribution >= 0.6 is 11.6 Å². The van der Waals surface area contributed by atoms with Gasteiger partial charge in [0.05, 0.1) is 10.7 Å². The van der Waals surface area contributed by atoms with E-state index in [0.717, 1.165) is 48.1 Å². The Balaban J connectivity index is 1.24. The monoisotopic (exact) mass is 623 g/mol. The van der Waals surface area contributed by atoms with E-state index in [0.29, 0.717) is 68.7 Å². The molecule has 3 aliphatic heterocycles. The molecule has 4 N–H and O–H groups in total. The van der Waals surface area contributed by atoms with Crippen LogP contribution in [0, 0.1) is 0 Å². The van der Waals surface area contributed by atoms with Gasteiger partial charge in [-0.3, -0.25) is 4.79 Å². The van der Waals surface area contributed by atoms with Crippen LogP contribution in [0.25, 0.3) is 0 Å². The summed E-state index contributed by atoms with van der Waals surface area (Å²) in [6.45, 7) is 4.99. The molecule has 5 amide bonds. The van der Waals surface area contributed by atoms with Gasteiger partial charge in [0.15, 0.2) is 0 Å². The summed E-state index contributed by atoms with van der Waals surface area (Å²) in [6.07, 6.45) is 5.00. The average molecular weight is 624 g/mol. The number of piperidine rings is 2. The molecular formula is C33H46ClN7O3. The van der Waals surface area contributed by atoms with Crippen LogP contribution in [0.4, 0.5) is 21.0 Å². The van der Waals surface area contributed by atoms with Crippen molar-refractivity contribution in [2.24, 2.45) is 0 Å². The number of benzene rings is 2. The number of halogens is 1. The summed E-state index contributed by atoms with van der Waals surface area (Å²) in [6, 6.07) is 11.1. The lowest BCUT2D eigenvalue weighted by atomic mass is 9.98. The molecule has 2 saturated heterocycles. The topological polar surface area (TPSA) is 114 Å². The van der Waals surface area contributed by atoms with E-state index in [1.54, 1.807) is 11.0 Å². The lowest BCUT2D eigenvalue weighted by Crippen LogP contribution is -2.57. The molecule has 2 aromatic carbocycles. The van der Waals surface area contributed by atoms with Crippen molar-refractivity contribution in [1.82, 2.24) is 24.9 Å². The lowest BCUT2D eigenvalue weighted by Gasteiger charge is -2.39. The Kier molecular flexibility index (Phi) is 10.2. The first-order valence-electron chi connectivity index (χ1n) is 15.9. The Morgan fingerprint density at radius 3 is 2.41 bits per heavy atom. The van der Waals surface area contributed by atoms with Crippen LogP contribution in [0.2, 0.25) is 5.02 Å². The van der Waals surface area contributed by atoms with Gasteiger partial charge in [0, 0.05) is 56.9 Å². The summed E-state index contributed by atoms with van der Waals surface area (Å²) in [4.78, 5) is 48.3. The third kappa shape index (κ3) is 7.24. The molecule has 44 heavy (non-hydrogen) atoms. The number of para-hydroxylation sites is 1. The van der Waals surface area contributed by atoms with E-state index in [4.69, 9.17) is 17.3 Å². The summed E-state index contributed by atoms with van der Waals surface area (Å²) in [5.74, 6) is -0.0720. The normalized spacial score (nSPS) is 18.9. The fourth-order valence-corrected chi connectivity index (χ4v) is 7.03. The van der Waals surface area contributed by atoms with Crippen molar-refractivity contribution in [3.05, 3.63) is 58.1 Å². The minimum atomic E-state index is -0.726. The average Bonchev–Trinajstić information content (AvgIpc) is 3.20. The molecule has 0 bridgehead atoms. The molecule has 238 valence electrons. The molecule has 1 atom stereocenters. The highest BCUT2D eigenvalue weighted by Gasteiger charge is 2.34. The molecule has 3 aliphatic rings. The van der Waals surface area contributed by atoms with Crippen LogP contribution in [-0.4, -0.2) is 103 Å². The van der Waals surface area contributed by atoms with E-state index in [-0.39, 0.29) is 24.0 Å². The maximum atomic E-state index is 13.9. The van der Waals surface area contributed by atoms with Crippen molar-refractivity contribution in [2.75, 3.05) is 57.9 Å².